The van der Waals surface area contributed by atoms with Gasteiger partial charge in [-0.2, -0.15) is 26.3 Å². The molecule has 4 N–H and O–H groups in total. The number of alkyl halides is 6. The van der Waals surface area contributed by atoms with Crippen LogP contribution in [0.5, 0.6) is 0 Å². The van der Waals surface area contributed by atoms with Crippen LogP contribution in [0.4, 0.5) is 35.9 Å². The van der Waals surface area contributed by atoms with Crippen molar-refractivity contribution in [1.82, 2.24) is 40.4 Å². The Labute approximate surface area is 338 Å². The Hall–Kier alpha value is -6.34. The van der Waals surface area contributed by atoms with Crippen molar-refractivity contribution in [2.45, 2.75) is 75.0 Å². The molecule has 60 heavy (non-hydrogen) atoms. The van der Waals surface area contributed by atoms with E-state index in [0.717, 1.165) is 36.5 Å². The Morgan fingerprint density at radius 3 is 1.37 bits per heavy atom. The zero-order valence-electron chi connectivity index (χ0n) is 32.2. The van der Waals surface area contributed by atoms with Crippen LogP contribution in [-0.4, -0.2) is 105 Å². The smallest absolute Gasteiger partial charge is 0.407 e. The van der Waals surface area contributed by atoms with Gasteiger partial charge in [0.05, 0.1) is 61.2 Å². The fraction of sp³-hybridized carbons (Fsp3) is 0.400. The zero-order chi connectivity index (χ0) is 42.9. The van der Waals surface area contributed by atoms with Gasteiger partial charge in [-0.15, -0.1) is 0 Å². The van der Waals surface area contributed by atoms with E-state index in [4.69, 9.17) is 0 Å². The normalized spacial score (nSPS) is 18.1. The third-order valence-electron chi connectivity index (χ3n) is 10.7. The molecule has 0 radical (unpaired) electrons. The molecule has 0 spiro atoms. The molecule has 2 aliphatic heterocycles. The van der Waals surface area contributed by atoms with E-state index < -0.39 is 73.4 Å². The predicted molar refractivity (Wildman–Crippen MR) is 204 cm³/mol. The number of amides is 4. The Balaban J connectivity index is 1.06. The van der Waals surface area contributed by atoms with E-state index in [1.165, 1.54) is 9.80 Å². The molecule has 7 rings (SSSR count). The number of H-pyrrole nitrogens is 2. The molecular formula is C40H40F6N8O6. The van der Waals surface area contributed by atoms with Crippen LogP contribution in [0.1, 0.15) is 62.3 Å². The average molecular weight is 843 g/mol. The first-order chi connectivity index (χ1) is 28.5. The highest BCUT2D eigenvalue weighted by molar-refractivity contribution is 5.88. The molecule has 4 heterocycles. The maximum atomic E-state index is 13.3. The maximum absolute atomic E-state index is 13.3. The lowest BCUT2D eigenvalue weighted by atomic mass is 10.00. The molecule has 4 atom stereocenters. The molecule has 0 bridgehead atoms. The van der Waals surface area contributed by atoms with Gasteiger partial charge in [0, 0.05) is 13.1 Å². The number of alkyl carbamates (subject to hydrolysis) is 2. The van der Waals surface area contributed by atoms with E-state index in [9.17, 15) is 45.5 Å². The van der Waals surface area contributed by atoms with E-state index in [-0.39, 0.29) is 13.1 Å². The lowest BCUT2D eigenvalue weighted by molar-refractivity contribution is -0.154. The van der Waals surface area contributed by atoms with Crippen molar-refractivity contribution in [3.05, 3.63) is 72.3 Å². The molecule has 2 saturated heterocycles. The summed E-state index contributed by atoms with van der Waals surface area (Å²) in [5.74, 6) is -0.933. The number of methoxy groups -OCH3 is 2. The molecule has 5 aromatic rings. The van der Waals surface area contributed by atoms with Gasteiger partial charge in [0.15, 0.2) is 0 Å². The fourth-order valence-electron chi connectivity index (χ4n) is 7.88. The standard InChI is InChI=1S/C40H40F6N8O6/c1-59-37(57)51-29(19-39(41,42)43)35(55)53-15-3-5-31(53)33-47-25-13-11-23(17-27(25)49-33)21-7-9-22(10-8-21)24-12-14-26-28(18-24)50-34(48-26)32-6-4-16-54(32)36(56)30(20-40(44,45)46)52-38(58)60-2/h7-14,17-18,29-32H,3-6,15-16,19-20H2,1-2H3,(H,47,49)(H,48,50)(H,51,57)(H,52,58). The van der Waals surface area contributed by atoms with Crippen LogP contribution in [0, 0.1) is 0 Å². The number of fused-ring (bicyclic) bond motifs is 2. The molecule has 0 saturated carbocycles. The Kier molecular flexibility index (Phi) is 11.7. The van der Waals surface area contributed by atoms with Crippen molar-refractivity contribution < 1.29 is 55.0 Å². The lowest BCUT2D eigenvalue weighted by Crippen LogP contribution is -2.50. The summed E-state index contributed by atoms with van der Waals surface area (Å²) in [5.41, 5.74) is 5.95. The number of hydrogen-bond acceptors (Lipinski definition) is 8. The van der Waals surface area contributed by atoms with E-state index in [1.807, 2.05) is 59.2 Å². The van der Waals surface area contributed by atoms with Crippen LogP contribution >= 0.6 is 0 Å². The average Bonchev–Trinajstić information content (AvgIpc) is 4.03. The molecule has 0 aliphatic carbocycles. The number of nitrogens with one attached hydrogen (secondary N) is 4. The summed E-state index contributed by atoms with van der Waals surface area (Å²) in [6.07, 6.45) is -12.8. The van der Waals surface area contributed by atoms with Crippen LogP contribution < -0.4 is 10.6 Å². The highest BCUT2D eigenvalue weighted by atomic mass is 19.4. The van der Waals surface area contributed by atoms with Gasteiger partial charge >= 0.3 is 24.5 Å². The van der Waals surface area contributed by atoms with Gasteiger partial charge in [-0.25, -0.2) is 19.6 Å². The van der Waals surface area contributed by atoms with Crippen molar-refractivity contribution in [1.29, 1.82) is 0 Å². The van der Waals surface area contributed by atoms with E-state index >= 15 is 0 Å². The Bertz CT molecular complexity index is 2230. The molecule has 4 amide bonds. The van der Waals surface area contributed by atoms with Gasteiger partial charge in [0.1, 0.15) is 23.7 Å². The molecule has 2 fully saturated rings. The molecule has 2 aromatic heterocycles. The van der Waals surface area contributed by atoms with Gasteiger partial charge in [-0.1, -0.05) is 36.4 Å². The molecule has 3 aromatic carbocycles. The van der Waals surface area contributed by atoms with Gasteiger partial charge in [0.25, 0.3) is 0 Å². The van der Waals surface area contributed by atoms with Gasteiger partial charge in [0.2, 0.25) is 11.8 Å². The Morgan fingerprint density at radius 2 is 1.02 bits per heavy atom. The van der Waals surface area contributed by atoms with Crippen molar-refractivity contribution in [2.75, 3.05) is 27.3 Å². The number of ether oxygens (including phenoxy) is 2. The first kappa shape index (κ1) is 41.8. The predicted octanol–water partition coefficient (Wildman–Crippen LogP) is 7.45. The minimum atomic E-state index is -4.71. The van der Waals surface area contributed by atoms with Crippen molar-refractivity contribution in [3.63, 3.8) is 0 Å². The number of aromatic nitrogens is 4. The largest absolute Gasteiger partial charge is 0.453 e. The molecule has 4 unspecified atom stereocenters. The van der Waals surface area contributed by atoms with E-state index in [1.54, 1.807) is 12.1 Å². The molecule has 318 valence electrons. The summed E-state index contributed by atoms with van der Waals surface area (Å²) in [7, 11) is 2.00. The number of carbonyl (C=O) groups excluding carboxylic acids is 4. The van der Waals surface area contributed by atoms with Crippen LogP contribution in [0.2, 0.25) is 0 Å². The van der Waals surface area contributed by atoms with Crippen LogP contribution in [0.3, 0.4) is 0 Å². The molecule has 2 aliphatic rings. The second-order valence-electron chi connectivity index (χ2n) is 14.7. The fourth-order valence-corrected chi connectivity index (χ4v) is 7.88. The number of carbonyl (C=O) groups is 4. The lowest BCUT2D eigenvalue weighted by Gasteiger charge is -2.28. The van der Waals surface area contributed by atoms with Crippen LogP contribution in [0.25, 0.3) is 44.3 Å². The number of halogens is 6. The summed E-state index contributed by atoms with van der Waals surface area (Å²) in [4.78, 5) is 68.7. The third-order valence-corrected chi connectivity index (χ3v) is 10.7. The number of nitrogens with zero attached hydrogens (tertiary/aromatic N) is 4. The second-order valence-corrected chi connectivity index (χ2v) is 14.7. The van der Waals surface area contributed by atoms with Crippen molar-refractivity contribution in [3.8, 4) is 22.3 Å². The summed E-state index contributed by atoms with van der Waals surface area (Å²) in [5, 5.41) is 4.04. The number of imidazole rings is 2. The highest BCUT2D eigenvalue weighted by Crippen LogP contribution is 2.37. The Morgan fingerprint density at radius 1 is 0.650 bits per heavy atom. The third kappa shape index (κ3) is 9.26. The highest BCUT2D eigenvalue weighted by Gasteiger charge is 2.43. The number of benzene rings is 3. The molecule has 20 heteroatoms. The molecule has 14 nitrogen and oxygen atoms in total. The van der Waals surface area contributed by atoms with Crippen molar-refractivity contribution >= 4 is 46.1 Å². The second kappa shape index (κ2) is 16.7. The summed E-state index contributed by atoms with van der Waals surface area (Å²) in [6.45, 7) is 0.382. The van der Waals surface area contributed by atoms with E-state index in [2.05, 4.69) is 29.4 Å². The summed E-state index contributed by atoms with van der Waals surface area (Å²) >= 11 is 0. The summed E-state index contributed by atoms with van der Waals surface area (Å²) in [6, 6.07) is 13.9. The van der Waals surface area contributed by atoms with Gasteiger partial charge < -0.3 is 39.9 Å². The number of aromatic amines is 2. The van der Waals surface area contributed by atoms with E-state index in [0.29, 0.717) is 59.4 Å². The SMILES string of the molecule is COC(=O)NC(CC(F)(F)F)C(=O)N1CCCC1c1nc2ccc(-c3ccc(-c4ccc5nc(C6CCCN6C(=O)C(CC(F)(F)F)NC(=O)OC)[nH]c5c4)cc3)cc2[nH]1. The van der Waals surface area contributed by atoms with Crippen LogP contribution in [-0.2, 0) is 19.1 Å². The number of likely N-dealkylation sites (tertiary alicyclic amines) is 2. The maximum Gasteiger partial charge on any atom is 0.407 e. The minimum Gasteiger partial charge on any atom is -0.453 e. The first-order valence-electron chi connectivity index (χ1n) is 19.0. The zero-order valence-corrected chi connectivity index (χ0v) is 32.2. The number of hydrogen-bond donors (Lipinski definition) is 4. The minimum absolute atomic E-state index is 0.191. The van der Waals surface area contributed by atoms with Crippen LogP contribution in [0.15, 0.2) is 60.7 Å². The topological polar surface area (TPSA) is 175 Å². The monoisotopic (exact) mass is 842 g/mol. The number of rotatable bonds is 10. The van der Waals surface area contributed by atoms with Crippen molar-refractivity contribution in [2.24, 2.45) is 0 Å². The molecular weight excluding hydrogens is 802 g/mol. The van der Waals surface area contributed by atoms with Gasteiger partial charge in [-0.05, 0) is 72.2 Å². The van der Waals surface area contributed by atoms with Gasteiger partial charge in [-0.3, -0.25) is 9.59 Å². The summed E-state index contributed by atoms with van der Waals surface area (Å²) < 4.78 is 89.0. The quantitative estimate of drug-likeness (QED) is 0.105. The first-order valence-corrected chi connectivity index (χ1v) is 19.0.